The molecule has 4 nitrogen and oxygen atoms in total. The van der Waals surface area contributed by atoms with Gasteiger partial charge in [-0.05, 0) is 49.2 Å². The molecule has 6 N–H and O–H groups in total. The van der Waals surface area contributed by atoms with Gasteiger partial charge in [0.15, 0.2) is 0 Å². The molecule has 3 aromatic rings. The number of nitrogen functional groups attached to an aromatic ring is 2. The van der Waals surface area contributed by atoms with E-state index in [1.54, 1.807) is 6.07 Å². The van der Waals surface area contributed by atoms with Gasteiger partial charge in [0.2, 0.25) is 0 Å². The molecule has 0 unspecified atom stereocenters. The Hall–Kier alpha value is -3.14. The molecule has 0 spiro atoms. The van der Waals surface area contributed by atoms with Gasteiger partial charge in [-0.2, -0.15) is 0 Å². The molecule has 0 saturated carbocycles. The van der Waals surface area contributed by atoms with Gasteiger partial charge in [0.1, 0.15) is 0 Å². The molecule has 0 fully saturated rings. The molecule has 24 heavy (non-hydrogen) atoms. The molecular formula is C20H22N4. The number of aryl methyl sites for hydroxylation is 2. The van der Waals surface area contributed by atoms with Gasteiger partial charge in [-0.1, -0.05) is 36.4 Å². The minimum atomic E-state index is 0.617. The largest absolute Gasteiger partial charge is 0.397 e. The Morgan fingerprint density at radius 3 is 1.42 bits per heavy atom. The van der Waals surface area contributed by atoms with Crippen LogP contribution < -0.4 is 22.1 Å². The molecular weight excluding hydrogens is 296 g/mol. The Morgan fingerprint density at radius 1 is 0.583 bits per heavy atom. The van der Waals surface area contributed by atoms with Crippen molar-refractivity contribution in [3.05, 3.63) is 71.8 Å². The third-order valence-corrected chi connectivity index (χ3v) is 4.05. The van der Waals surface area contributed by atoms with Crippen LogP contribution in [0.3, 0.4) is 0 Å². The zero-order valence-corrected chi connectivity index (χ0v) is 13.9. The molecule has 0 bridgehead atoms. The summed E-state index contributed by atoms with van der Waals surface area (Å²) in [5.74, 6) is 0. The molecule has 0 atom stereocenters. The Balaban J connectivity index is 1.94. The summed E-state index contributed by atoms with van der Waals surface area (Å²) in [6, 6.07) is 19.9. The van der Waals surface area contributed by atoms with E-state index >= 15 is 0 Å². The SMILES string of the molecule is Cc1ccccc1Nc1cc(Nc2ccccc2C)c(N)cc1N. The van der Waals surface area contributed by atoms with Crippen LogP contribution in [0.2, 0.25) is 0 Å². The first-order chi connectivity index (χ1) is 11.5. The molecule has 3 aromatic carbocycles. The van der Waals surface area contributed by atoms with Crippen LogP contribution in [-0.2, 0) is 0 Å². The highest BCUT2D eigenvalue weighted by Gasteiger charge is 2.08. The zero-order valence-electron chi connectivity index (χ0n) is 13.9. The third kappa shape index (κ3) is 3.27. The first-order valence-electron chi connectivity index (χ1n) is 7.89. The van der Waals surface area contributed by atoms with Gasteiger partial charge < -0.3 is 22.1 Å². The lowest BCUT2D eigenvalue weighted by atomic mass is 10.1. The molecule has 0 amide bonds. The van der Waals surface area contributed by atoms with Crippen molar-refractivity contribution in [2.75, 3.05) is 22.1 Å². The summed E-state index contributed by atoms with van der Waals surface area (Å²) in [6.07, 6.45) is 0. The monoisotopic (exact) mass is 318 g/mol. The summed E-state index contributed by atoms with van der Waals surface area (Å²) in [4.78, 5) is 0. The van der Waals surface area contributed by atoms with Crippen LogP contribution in [-0.4, -0.2) is 0 Å². The first-order valence-corrected chi connectivity index (χ1v) is 7.89. The van der Waals surface area contributed by atoms with Gasteiger partial charge >= 0.3 is 0 Å². The number of hydrogen-bond acceptors (Lipinski definition) is 4. The number of nitrogens with two attached hydrogens (primary N) is 2. The molecule has 0 saturated heterocycles. The predicted octanol–water partition coefficient (Wildman–Crippen LogP) is 4.96. The molecule has 0 heterocycles. The van der Waals surface area contributed by atoms with Crippen molar-refractivity contribution in [2.24, 2.45) is 0 Å². The Labute approximate surface area is 142 Å². The van der Waals surface area contributed by atoms with Gasteiger partial charge in [-0.25, -0.2) is 0 Å². The predicted molar refractivity (Wildman–Crippen MR) is 104 cm³/mol. The highest BCUT2D eigenvalue weighted by atomic mass is 14.9. The van der Waals surface area contributed by atoms with E-state index in [1.807, 2.05) is 42.5 Å². The molecule has 0 aliphatic rings. The van der Waals surface area contributed by atoms with E-state index in [0.29, 0.717) is 11.4 Å². The molecule has 3 rings (SSSR count). The lowest BCUT2D eigenvalue weighted by Gasteiger charge is -2.17. The van der Waals surface area contributed by atoms with Crippen LogP contribution in [0.1, 0.15) is 11.1 Å². The van der Waals surface area contributed by atoms with Crippen molar-refractivity contribution in [3.63, 3.8) is 0 Å². The van der Waals surface area contributed by atoms with Crippen molar-refractivity contribution >= 4 is 34.1 Å². The van der Waals surface area contributed by atoms with E-state index in [9.17, 15) is 0 Å². The van der Waals surface area contributed by atoms with E-state index in [4.69, 9.17) is 11.5 Å². The highest BCUT2D eigenvalue weighted by Crippen LogP contribution is 2.34. The van der Waals surface area contributed by atoms with E-state index < -0.39 is 0 Å². The number of para-hydroxylation sites is 2. The summed E-state index contributed by atoms with van der Waals surface area (Å²) in [7, 11) is 0. The third-order valence-electron chi connectivity index (χ3n) is 4.05. The summed E-state index contributed by atoms with van der Waals surface area (Å²) in [6.45, 7) is 4.12. The minimum Gasteiger partial charge on any atom is -0.397 e. The summed E-state index contributed by atoms with van der Waals surface area (Å²) >= 11 is 0. The second-order valence-corrected chi connectivity index (χ2v) is 5.91. The van der Waals surface area contributed by atoms with Crippen molar-refractivity contribution < 1.29 is 0 Å². The van der Waals surface area contributed by atoms with Crippen LogP contribution in [0, 0.1) is 13.8 Å². The highest BCUT2D eigenvalue weighted by molar-refractivity contribution is 5.86. The van der Waals surface area contributed by atoms with Gasteiger partial charge in [-0.15, -0.1) is 0 Å². The van der Waals surface area contributed by atoms with Crippen LogP contribution in [0.25, 0.3) is 0 Å². The van der Waals surface area contributed by atoms with Gasteiger partial charge in [-0.3, -0.25) is 0 Å². The smallest absolute Gasteiger partial charge is 0.0640 e. The molecule has 0 aromatic heterocycles. The Morgan fingerprint density at radius 2 is 1.00 bits per heavy atom. The molecule has 122 valence electrons. The molecule has 0 aliphatic carbocycles. The molecule has 4 heteroatoms. The fourth-order valence-corrected chi connectivity index (χ4v) is 2.57. The van der Waals surface area contributed by atoms with Crippen molar-refractivity contribution in [2.45, 2.75) is 13.8 Å². The second-order valence-electron chi connectivity index (χ2n) is 5.91. The average molecular weight is 318 g/mol. The van der Waals surface area contributed by atoms with Crippen LogP contribution in [0.5, 0.6) is 0 Å². The topological polar surface area (TPSA) is 76.1 Å². The summed E-state index contributed by atoms with van der Waals surface area (Å²) < 4.78 is 0. The van der Waals surface area contributed by atoms with Crippen LogP contribution >= 0.6 is 0 Å². The summed E-state index contributed by atoms with van der Waals surface area (Å²) in [5.41, 5.74) is 19.5. The number of benzene rings is 3. The van der Waals surface area contributed by atoms with Gasteiger partial charge in [0.05, 0.1) is 22.7 Å². The zero-order chi connectivity index (χ0) is 17.1. The van der Waals surface area contributed by atoms with Gasteiger partial charge in [0.25, 0.3) is 0 Å². The number of anilines is 6. The first kappa shape index (κ1) is 15.7. The second kappa shape index (κ2) is 6.54. The van der Waals surface area contributed by atoms with Crippen molar-refractivity contribution in [3.8, 4) is 0 Å². The number of rotatable bonds is 4. The molecule has 0 aliphatic heterocycles. The minimum absolute atomic E-state index is 0.617. The molecule has 0 radical (unpaired) electrons. The Kier molecular flexibility index (Phi) is 4.29. The Bertz CT molecular complexity index is 803. The van der Waals surface area contributed by atoms with Crippen LogP contribution in [0.15, 0.2) is 60.7 Å². The summed E-state index contributed by atoms with van der Waals surface area (Å²) in [5, 5.41) is 6.78. The maximum Gasteiger partial charge on any atom is 0.0640 e. The van der Waals surface area contributed by atoms with Gasteiger partial charge in [0, 0.05) is 11.4 Å². The van der Waals surface area contributed by atoms with Crippen molar-refractivity contribution in [1.29, 1.82) is 0 Å². The van der Waals surface area contributed by atoms with E-state index in [0.717, 1.165) is 33.9 Å². The van der Waals surface area contributed by atoms with E-state index in [1.165, 1.54) is 0 Å². The van der Waals surface area contributed by atoms with Crippen LogP contribution in [0.4, 0.5) is 34.1 Å². The fourth-order valence-electron chi connectivity index (χ4n) is 2.57. The lowest BCUT2D eigenvalue weighted by molar-refractivity contribution is 1.42. The van der Waals surface area contributed by atoms with E-state index in [2.05, 4.69) is 36.6 Å². The maximum atomic E-state index is 6.14. The number of nitrogens with one attached hydrogen (secondary N) is 2. The van der Waals surface area contributed by atoms with E-state index in [-0.39, 0.29) is 0 Å². The quantitative estimate of drug-likeness (QED) is 0.513. The maximum absolute atomic E-state index is 6.14. The van der Waals surface area contributed by atoms with Crippen molar-refractivity contribution in [1.82, 2.24) is 0 Å². The standard InChI is InChI=1S/C20H22N4/c1-13-7-3-5-9-17(13)23-19-12-20(16(22)11-15(19)21)24-18-10-6-4-8-14(18)2/h3-12,23-24H,21-22H2,1-2H3. The fraction of sp³-hybridized carbons (Fsp3) is 0.100. The number of hydrogen-bond donors (Lipinski definition) is 4. The normalized spacial score (nSPS) is 10.4. The average Bonchev–Trinajstić information content (AvgIpc) is 2.56. The lowest BCUT2D eigenvalue weighted by Crippen LogP contribution is -2.03.